The second-order valence-electron chi connectivity index (χ2n) is 4.91. The molecule has 0 aliphatic carbocycles. The minimum absolute atomic E-state index is 0.0854. The molecule has 0 aliphatic heterocycles. The molecule has 1 amide bonds. The van der Waals surface area contributed by atoms with Crippen LogP contribution in [0.25, 0.3) is 0 Å². The van der Waals surface area contributed by atoms with Crippen molar-refractivity contribution in [2.45, 2.75) is 43.4 Å². The summed E-state index contributed by atoms with van der Waals surface area (Å²) >= 11 is 0. The van der Waals surface area contributed by atoms with Crippen molar-refractivity contribution in [3.05, 3.63) is 18.2 Å². The summed E-state index contributed by atoms with van der Waals surface area (Å²) in [6.07, 6.45) is 0.722. The van der Waals surface area contributed by atoms with Gasteiger partial charge in [0, 0.05) is 12.1 Å². The highest BCUT2D eigenvalue weighted by Gasteiger charge is 2.32. The smallest absolute Gasteiger partial charge is 0.238 e. The fourth-order valence-corrected chi connectivity index (χ4v) is 3.09. The van der Waals surface area contributed by atoms with Crippen LogP contribution in [0.2, 0.25) is 0 Å². The number of hydrogen-bond acceptors (Lipinski definition) is 5. The van der Waals surface area contributed by atoms with Gasteiger partial charge in [0.1, 0.15) is 11.0 Å². The Hall–Kier alpha value is -1.76. The molecule has 0 saturated carbocycles. The number of nitrogens with one attached hydrogen (secondary N) is 1. The van der Waals surface area contributed by atoms with Crippen molar-refractivity contribution in [1.29, 1.82) is 0 Å². The first kappa shape index (κ1) is 17.3. The van der Waals surface area contributed by atoms with Gasteiger partial charge in [0.2, 0.25) is 5.91 Å². The van der Waals surface area contributed by atoms with E-state index in [0.717, 1.165) is 6.42 Å². The Morgan fingerprint density at radius 1 is 1.38 bits per heavy atom. The number of carbonyl (C=O) groups excluding carboxylic acids is 1. The Bertz CT molecular complexity index is 613. The standard InChI is InChI=1S/C14H22N2O4S/c1-5-9(2)16-14(17)10(3)21(18,19)13-8-11(20-4)6-7-12(13)15/h6-10H,5,15H2,1-4H3,(H,16,17). The first-order valence-electron chi connectivity index (χ1n) is 6.71. The quantitative estimate of drug-likeness (QED) is 0.772. The monoisotopic (exact) mass is 314 g/mol. The van der Waals surface area contributed by atoms with E-state index in [2.05, 4.69) is 5.32 Å². The van der Waals surface area contributed by atoms with Crippen LogP contribution in [-0.4, -0.2) is 32.7 Å². The lowest BCUT2D eigenvalue weighted by Crippen LogP contribution is -2.42. The highest BCUT2D eigenvalue weighted by Crippen LogP contribution is 2.27. The van der Waals surface area contributed by atoms with E-state index in [1.54, 1.807) is 6.07 Å². The Morgan fingerprint density at radius 3 is 2.52 bits per heavy atom. The van der Waals surface area contributed by atoms with Crippen LogP contribution in [0.15, 0.2) is 23.1 Å². The molecule has 2 unspecified atom stereocenters. The molecule has 3 N–H and O–H groups in total. The maximum atomic E-state index is 12.5. The lowest BCUT2D eigenvalue weighted by atomic mass is 10.2. The summed E-state index contributed by atoms with van der Waals surface area (Å²) in [7, 11) is -2.44. The maximum Gasteiger partial charge on any atom is 0.238 e. The van der Waals surface area contributed by atoms with Crippen LogP contribution in [0, 0.1) is 0 Å². The molecule has 0 spiro atoms. The summed E-state index contributed by atoms with van der Waals surface area (Å²) in [4.78, 5) is 11.9. The summed E-state index contributed by atoms with van der Waals surface area (Å²) in [6, 6.07) is 4.26. The number of benzene rings is 1. The third kappa shape index (κ3) is 3.87. The van der Waals surface area contributed by atoms with Gasteiger partial charge in [0.25, 0.3) is 0 Å². The summed E-state index contributed by atoms with van der Waals surface area (Å²) < 4.78 is 30.1. The molecule has 1 aromatic carbocycles. The third-order valence-electron chi connectivity index (χ3n) is 3.36. The van der Waals surface area contributed by atoms with Gasteiger partial charge in [-0.3, -0.25) is 4.79 Å². The number of hydrogen-bond donors (Lipinski definition) is 2. The molecule has 2 atom stereocenters. The van der Waals surface area contributed by atoms with E-state index in [1.807, 2.05) is 13.8 Å². The molecule has 118 valence electrons. The fourth-order valence-electron chi connectivity index (χ4n) is 1.68. The van der Waals surface area contributed by atoms with Crippen molar-refractivity contribution in [3.8, 4) is 5.75 Å². The number of anilines is 1. The fraction of sp³-hybridized carbons (Fsp3) is 0.500. The summed E-state index contributed by atoms with van der Waals surface area (Å²) in [5.74, 6) is -0.163. The molecule has 0 fully saturated rings. The second-order valence-corrected chi connectivity index (χ2v) is 7.15. The molecule has 7 heteroatoms. The number of amides is 1. The number of rotatable bonds is 6. The van der Waals surface area contributed by atoms with Crippen LogP contribution in [0.3, 0.4) is 0 Å². The van der Waals surface area contributed by atoms with E-state index in [1.165, 1.54) is 26.2 Å². The normalized spacial score (nSPS) is 14.3. The molecular formula is C14H22N2O4S. The molecule has 0 bridgehead atoms. The lowest BCUT2D eigenvalue weighted by Gasteiger charge is -2.18. The Morgan fingerprint density at radius 2 is 2.00 bits per heavy atom. The Kier molecular flexibility index (Phi) is 5.60. The molecule has 6 nitrogen and oxygen atoms in total. The summed E-state index contributed by atoms with van der Waals surface area (Å²) in [5.41, 5.74) is 5.83. The predicted octanol–water partition coefficient (Wildman–Crippen LogP) is 1.35. The number of carbonyl (C=O) groups is 1. The van der Waals surface area contributed by atoms with Gasteiger partial charge >= 0.3 is 0 Å². The molecule has 0 aliphatic rings. The van der Waals surface area contributed by atoms with E-state index >= 15 is 0 Å². The molecule has 0 radical (unpaired) electrons. The number of sulfone groups is 1. The zero-order valence-electron chi connectivity index (χ0n) is 12.7. The van der Waals surface area contributed by atoms with Gasteiger partial charge in [-0.05, 0) is 32.4 Å². The number of nitrogens with two attached hydrogens (primary N) is 1. The van der Waals surface area contributed by atoms with Crippen molar-refractivity contribution in [1.82, 2.24) is 5.32 Å². The molecule has 0 aromatic heterocycles. The van der Waals surface area contributed by atoms with E-state index in [9.17, 15) is 13.2 Å². The average Bonchev–Trinajstić information content (AvgIpc) is 2.46. The Balaban J connectivity index is 3.13. The second kappa shape index (κ2) is 6.80. The molecule has 1 aromatic rings. The first-order chi connectivity index (χ1) is 9.73. The van der Waals surface area contributed by atoms with Crippen LogP contribution < -0.4 is 15.8 Å². The van der Waals surface area contributed by atoms with Crippen LogP contribution >= 0.6 is 0 Å². The Labute approximate surface area is 125 Å². The van der Waals surface area contributed by atoms with E-state index in [0.29, 0.717) is 5.75 Å². The topological polar surface area (TPSA) is 98.5 Å². The van der Waals surface area contributed by atoms with Crippen molar-refractivity contribution >= 4 is 21.4 Å². The van der Waals surface area contributed by atoms with Crippen molar-refractivity contribution < 1.29 is 17.9 Å². The predicted molar refractivity (Wildman–Crippen MR) is 81.9 cm³/mol. The van der Waals surface area contributed by atoms with Crippen molar-refractivity contribution in [2.75, 3.05) is 12.8 Å². The zero-order valence-corrected chi connectivity index (χ0v) is 13.5. The molecular weight excluding hydrogens is 292 g/mol. The van der Waals surface area contributed by atoms with Gasteiger partial charge in [0.05, 0.1) is 17.7 Å². The molecule has 0 saturated heterocycles. The highest BCUT2D eigenvalue weighted by atomic mass is 32.2. The van der Waals surface area contributed by atoms with Crippen molar-refractivity contribution in [3.63, 3.8) is 0 Å². The van der Waals surface area contributed by atoms with Crippen molar-refractivity contribution in [2.24, 2.45) is 0 Å². The van der Waals surface area contributed by atoms with Gasteiger partial charge in [-0.2, -0.15) is 0 Å². The van der Waals surface area contributed by atoms with E-state index in [4.69, 9.17) is 10.5 Å². The summed E-state index contributed by atoms with van der Waals surface area (Å²) in [6.45, 7) is 5.08. The number of nitrogen functional groups attached to an aromatic ring is 1. The largest absolute Gasteiger partial charge is 0.497 e. The van der Waals surface area contributed by atoms with Crippen LogP contribution in [-0.2, 0) is 14.6 Å². The molecule has 21 heavy (non-hydrogen) atoms. The van der Waals surface area contributed by atoms with Gasteiger partial charge in [0.15, 0.2) is 9.84 Å². The van der Waals surface area contributed by atoms with Crippen LogP contribution in [0.1, 0.15) is 27.2 Å². The van der Waals surface area contributed by atoms with Crippen LogP contribution in [0.4, 0.5) is 5.69 Å². The number of methoxy groups -OCH3 is 1. The molecule has 1 rings (SSSR count). The SMILES string of the molecule is CCC(C)NC(=O)C(C)S(=O)(=O)c1cc(OC)ccc1N. The van der Waals surface area contributed by atoms with E-state index in [-0.39, 0.29) is 16.6 Å². The maximum absolute atomic E-state index is 12.5. The number of ether oxygens (including phenoxy) is 1. The highest BCUT2D eigenvalue weighted by molar-refractivity contribution is 7.93. The lowest BCUT2D eigenvalue weighted by molar-refractivity contribution is -0.121. The van der Waals surface area contributed by atoms with Crippen LogP contribution in [0.5, 0.6) is 5.75 Å². The van der Waals surface area contributed by atoms with Gasteiger partial charge in [-0.25, -0.2) is 8.42 Å². The zero-order chi connectivity index (χ0) is 16.2. The minimum atomic E-state index is -3.87. The minimum Gasteiger partial charge on any atom is -0.497 e. The average molecular weight is 314 g/mol. The first-order valence-corrected chi connectivity index (χ1v) is 8.26. The third-order valence-corrected chi connectivity index (χ3v) is 5.47. The van der Waals surface area contributed by atoms with E-state index < -0.39 is 21.0 Å². The van der Waals surface area contributed by atoms with Gasteiger partial charge < -0.3 is 15.8 Å². The molecule has 0 heterocycles. The van der Waals surface area contributed by atoms with Gasteiger partial charge in [-0.1, -0.05) is 6.92 Å². The summed E-state index contributed by atoms with van der Waals surface area (Å²) in [5, 5.41) is 1.44. The van der Waals surface area contributed by atoms with Gasteiger partial charge in [-0.15, -0.1) is 0 Å².